The molecule has 2 rings (SSSR count). The van der Waals surface area contributed by atoms with Crippen molar-refractivity contribution in [1.82, 2.24) is 0 Å². The van der Waals surface area contributed by atoms with Crippen LogP contribution in [0.5, 0.6) is 0 Å². The monoisotopic (exact) mass is 288 g/mol. The maximum absolute atomic E-state index is 5.76. The molecule has 2 saturated carbocycles. The van der Waals surface area contributed by atoms with Crippen molar-refractivity contribution in [3.63, 3.8) is 0 Å². The third kappa shape index (κ3) is 3.22. The summed E-state index contributed by atoms with van der Waals surface area (Å²) in [5.41, 5.74) is 0.589. The van der Waals surface area contributed by atoms with Crippen molar-refractivity contribution in [2.75, 3.05) is 18.5 Å². The smallest absolute Gasteiger partial charge is 0.0471 e. The van der Waals surface area contributed by atoms with Gasteiger partial charge in [0.05, 0.1) is 0 Å². The van der Waals surface area contributed by atoms with E-state index in [0.29, 0.717) is 5.41 Å². The second-order valence-corrected chi connectivity index (χ2v) is 6.90. The van der Waals surface area contributed by atoms with E-state index in [9.17, 15) is 0 Å². The Labute approximate surface area is 108 Å². The highest BCUT2D eigenvalue weighted by Gasteiger charge is 2.52. The molecule has 0 N–H and O–H groups in total. The summed E-state index contributed by atoms with van der Waals surface area (Å²) in [6.07, 6.45) is 6.89. The second-order valence-electron chi connectivity index (χ2n) is 6.34. The average Bonchev–Trinajstić information content (AvgIpc) is 2.86. The molecular formula is C14H25BrO. The number of hydrogen-bond acceptors (Lipinski definition) is 1. The minimum atomic E-state index is 0.589. The van der Waals surface area contributed by atoms with Crippen molar-refractivity contribution in [3.05, 3.63) is 0 Å². The molecule has 0 bridgehead atoms. The van der Waals surface area contributed by atoms with E-state index in [1.807, 2.05) is 0 Å². The van der Waals surface area contributed by atoms with E-state index in [4.69, 9.17) is 4.74 Å². The van der Waals surface area contributed by atoms with Crippen molar-refractivity contribution in [2.24, 2.45) is 23.2 Å². The molecule has 2 heteroatoms. The Morgan fingerprint density at radius 3 is 2.50 bits per heavy atom. The highest BCUT2D eigenvalue weighted by atomic mass is 79.9. The van der Waals surface area contributed by atoms with Gasteiger partial charge in [-0.2, -0.15) is 0 Å². The van der Waals surface area contributed by atoms with E-state index in [0.717, 1.165) is 31.0 Å². The zero-order valence-electron chi connectivity index (χ0n) is 10.7. The van der Waals surface area contributed by atoms with Gasteiger partial charge in [0.25, 0.3) is 0 Å². The van der Waals surface area contributed by atoms with Crippen molar-refractivity contribution >= 4 is 15.9 Å². The van der Waals surface area contributed by atoms with Gasteiger partial charge in [-0.1, -0.05) is 29.8 Å². The van der Waals surface area contributed by atoms with Crippen LogP contribution in [0, 0.1) is 23.2 Å². The van der Waals surface area contributed by atoms with Gasteiger partial charge >= 0.3 is 0 Å². The summed E-state index contributed by atoms with van der Waals surface area (Å²) < 4.78 is 5.76. The molecule has 94 valence electrons. The maximum Gasteiger partial charge on any atom is 0.0471 e. The fourth-order valence-corrected chi connectivity index (χ4v) is 3.83. The minimum absolute atomic E-state index is 0.589. The molecule has 0 radical (unpaired) electrons. The largest absolute Gasteiger partial charge is 0.381 e. The Hall–Kier alpha value is 0.440. The van der Waals surface area contributed by atoms with Gasteiger partial charge in [0.1, 0.15) is 0 Å². The first-order valence-electron chi connectivity index (χ1n) is 6.79. The lowest BCUT2D eigenvalue weighted by Gasteiger charge is -2.28. The molecule has 2 aliphatic rings. The number of ether oxygens (including phenoxy) is 1. The zero-order valence-corrected chi connectivity index (χ0v) is 12.3. The molecule has 2 unspecified atom stereocenters. The highest BCUT2D eigenvalue weighted by Crippen LogP contribution is 2.61. The van der Waals surface area contributed by atoms with Gasteiger partial charge in [0.2, 0.25) is 0 Å². The summed E-state index contributed by atoms with van der Waals surface area (Å²) in [7, 11) is 0. The van der Waals surface area contributed by atoms with Crippen molar-refractivity contribution in [1.29, 1.82) is 0 Å². The molecule has 2 atom stereocenters. The summed E-state index contributed by atoms with van der Waals surface area (Å²) in [5.74, 6) is 2.92. The van der Waals surface area contributed by atoms with Gasteiger partial charge in [-0.3, -0.25) is 0 Å². The lowest BCUT2D eigenvalue weighted by atomic mass is 9.82. The van der Waals surface area contributed by atoms with E-state index in [-0.39, 0.29) is 0 Å². The fourth-order valence-electron chi connectivity index (χ4n) is 3.10. The molecule has 0 aromatic rings. The Morgan fingerprint density at radius 2 is 1.94 bits per heavy atom. The standard InChI is InChI=1S/C14H25BrO/c1-11(2)3-5-16-6-4-14(10-15)8-12-7-13(12)9-14/h11-13H,3-10H2,1-2H3. The van der Waals surface area contributed by atoms with Gasteiger partial charge in [-0.15, -0.1) is 0 Å². The summed E-state index contributed by atoms with van der Waals surface area (Å²) >= 11 is 3.72. The number of rotatable bonds is 7. The van der Waals surface area contributed by atoms with Crippen molar-refractivity contribution in [2.45, 2.75) is 46.0 Å². The lowest BCUT2D eigenvalue weighted by Crippen LogP contribution is -2.23. The summed E-state index contributed by atoms with van der Waals surface area (Å²) in [5, 5.41) is 1.18. The van der Waals surface area contributed by atoms with Crippen LogP contribution >= 0.6 is 15.9 Å². The topological polar surface area (TPSA) is 9.23 Å². The molecule has 0 saturated heterocycles. The molecule has 0 aromatic carbocycles. The molecule has 16 heavy (non-hydrogen) atoms. The van der Waals surface area contributed by atoms with Crippen molar-refractivity contribution < 1.29 is 4.74 Å². The van der Waals surface area contributed by atoms with Crippen LogP contribution in [0.3, 0.4) is 0 Å². The second kappa shape index (κ2) is 5.39. The van der Waals surface area contributed by atoms with Crippen LogP contribution in [0.15, 0.2) is 0 Å². The molecule has 0 amide bonds. The summed E-state index contributed by atoms with van der Waals surface area (Å²) in [4.78, 5) is 0. The Kier molecular flexibility index (Phi) is 4.34. The van der Waals surface area contributed by atoms with Crippen LogP contribution in [0.4, 0.5) is 0 Å². The van der Waals surface area contributed by atoms with Crippen molar-refractivity contribution in [3.8, 4) is 0 Å². The maximum atomic E-state index is 5.76. The quantitative estimate of drug-likeness (QED) is 0.503. The third-order valence-corrected chi connectivity index (χ3v) is 5.55. The number of hydrogen-bond donors (Lipinski definition) is 0. The van der Waals surface area contributed by atoms with Crippen LogP contribution in [0.25, 0.3) is 0 Å². The molecule has 0 heterocycles. The summed E-state index contributed by atoms with van der Waals surface area (Å²) in [6.45, 7) is 6.43. The first kappa shape index (κ1) is 12.9. The average molecular weight is 289 g/mol. The predicted molar refractivity (Wildman–Crippen MR) is 71.9 cm³/mol. The van der Waals surface area contributed by atoms with Gasteiger partial charge in [-0.25, -0.2) is 0 Å². The van der Waals surface area contributed by atoms with Gasteiger partial charge in [0.15, 0.2) is 0 Å². The van der Waals surface area contributed by atoms with E-state index in [2.05, 4.69) is 29.8 Å². The molecular weight excluding hydrogens is 264 g/mol. The van der Waals surface area contributed by atoms with Gasteiger partial charge < -0.3 is 4.74 Å². The van der Waals surface area contributed by atoms with Gasteiger partial charge in [-0.05, 0) is 55.3 Å². The van der Waals surface area contributed by atoms with Gasteiger partial charge in [0, 0.05) is 18.5 Å². The zero-order chi connectivity index (χ0) is 11.6. The Bertz CT molecular complexity index is 217. The van der Waals surface area contributed by atoms with E-state index >= 15 is 0 Å². The molecule has 1 nitrogen and oxygen atoms in total. The fraction of sp³-hybridized carbons (Fsp3) is 1.00. The lowest BCUT2D eigenvalue weighted by molar-refractivity contribution is 0.0908. The molecule has 0 spiro atoms. The predicted octanol–water partition coefficient (Wildman–Crippen LogP) is 4.25. The van der Waals surface area contributed by atoms with Crippen LogP contribution in [-0.2, 0) is 4.74 Å². The summed E-state index contributed by atoms with van der Waals surface area (Å²) in [6, 6.07) is 0. The Balaban J connectivity index is 1.61. The van der Waals surface area contributed by atoms with Crippen LogP contribution in [0.2, 0.25) is 0 Å². The Morgan fingerprint density at radius 1 is 1.25 bits per heavy atom. The van der Waals surface area contributed by atoms with Crippen LogP contribution in [0.1, 0.15) is 46.0 Å². The number of alkyl halides is 1. The minimum Gasteiger partial charge on any atom is -0.381 e. The van der Waals surface area contributed by atoms with E-state index < -0.39 is 0 Å². The highest BCUT2D eigenvalue weighted by molar-refractivity contribution is 9.09. The number of fused-ring (bicyclic) bond motifs is 1. The number of halogens is 1. The van der Waals surface area contributed by atoms with Crippen LogP contribution < -0.4 is 0 Å². The third-order valence-electron chi connectivity index (χ3n) is 4.36. The normalized spacial score (nSPS) is 36.8. The molecule has 2 fully saturated rings. The SMILES string of the molecule is CC(C)CCOCCC1(CBr)CC2CC2C1. The molecule has 0 aromatic heterocycles. The molecule has 2 aliphatic carbocycles. The van der Waals surface area contributed by atoms with Crippen LogP contribution in [-0.4, -0.2) is 18.5 Å². The molecule has 0 aliphatic heterocycles. The van der Waals surface area contributed by atoms with E-state index in [1.165, 1.54) is 37.4 Å². The first-order valence-corrected chi connectivity index (χ1v) is 7.91. The first-order chi connectivity index (χ1) is 7.65. The van der Waals surface area contributed by atoms with E-state index in [1.54, 1.807) is 0 Å².